The summed E-state index contributed by atoms with van der Waals surface area (Å²) in [6.07, 6.45) is 0. The van der Waals surface area contributed by atoms with Crippen LogP contribution in [0.4, 0.5) is 0 Å². The van der Waals surface area contributed by atoms with Crippen molar-refractivity contribution in [1.29, 1.82) is 0 Å². The highest BCUT2D eigenvalue weighted by molar-refractivity contribution is 6.21. The molecule has 4 heteroatoms. The van der Waals surface area contributed by atoms with E-state index in [1.165, 1.54) is 271 Å². The predicted octanol–water partition coefficient (Wildman–Crippen LogP) is 35.4. The maximum Gasteiger partial charge on any atom is 0.0725 e. The fraction of sp³-hybridized carbons (Fsp3) is 0.0571. The number of aryl methyl sites for hydroxylation is 5. The second kappa shape index (κ2) is 32.8. The first-order chi connectivity index (χ1) is 71.0. The molecule has 678 valence electrons. The Morgan fingerprint density at radius 2 is 0.375 bits per heavy atom. The molecule has 4 aromatic heterocycles. The molecule has 0 radical (unpaired) electrons. The van der Waals surface area contributed by atoms with Gasteiger partial charge in [-0.05, 0) is 282 Å². The van der Waals surface area contributed by atoms with Crippen molar-refractivity contribution in [1.82, 2.24) is 18.3 Å². The third kappa shape index (κ3) is 12.2. The molecule has 0 saturated heterocycles. The molecule has 6 aliphatic rings. The molecule has 0 aliphatic heterocycles. The fourth-order valence-corrected chi connectivity index (χ4v) is 26.4. The van der Waals surface area contributed by atoms with E-state index in [9.17, 15) is 0 Å². The smallest absolute Gasteiger partial charge is 0.0725 e. The van der Waals surface area contributed by atoms with Crippen LogP contribution in [0.1, 0.15) is 94.6 Å². The van der Waals surface area contributed by atoms with Crippen molar-refractivity contribution < 1.29 is 0 Å². The summed E-state index contributed by atoms with van der Waals surface area (Å²) < 4.78 is 9.60. The summed E-state index contributed by atoms with van der Waals surface area (Å²) >= 11 is 0. The molecular weight excluding hydrogens is 1740 g/mol. The van der Waals surface area contributed by atoms with Gasteiger partial charge in [-0.3, -0.25) is 0 Å². The van der Waals surface area contributed by atoms with Crippen LogP contribution >= 0.6 is 0 Å². The first-order valence-corrected chi connectivity index (χ1v) is 50.4. The van der Waals surface area contributed by atoms with Crippen molar-refractivity contribution in [3.63, 3.8) is 0 Å². The third-order valence-corrected chi connectivity index (χ3v) is 32.0. The number of nitrogens with zero attached hydrogens (tertiary/aromatic N) is 4. The fourth-order valence-electron chi connectivity index (χ4n) is 26.4. The molecule has 0 fully saturated rings. The van der Waals surface area contributed by atoms with Crippen LogP contribution in [0.3, 0.4) is 0 Å². The van der Waals surface area contributed by atoms with Gasteiger partial charge in [0.1, 0.15) is 0 Å². The monoisotopic (exact) mass is 1830 g/mol. The van der Waals surface area contributed by atoms with Gasteiger partial charge in [0.05, 0.1) is 60.4 Å². The van der Waals surface area contributed by atoms with E-state index in [0.717, 1.165) is 0 Å². The molecule has 26 aromatic rings. The number of benzene rings is 22. The number of hydrogen-bond donors (Lipinski definition) is 0. The SMILES string of the molecule is Cc1ccc2c(c1)-c1ccccc1C21c2ccccc2-c2ccccc21.Cc1ccc2c(c1)C1(c3ccccc3-c3ccccc31)c1ccccc1-2.Cc1ccc2c(c1)c1cc3c(cc1n2-c1ccccc1)c1ccccc1n3-c1ccccc1.Cc1ccc2c3cc4c(cc3n(-c3ccccc3)c2c1)c1ccccc1n4-c1ccccc1.Cc1cccc2c1-c1ccccc1C21c2ccccc2-c2ccccc21. The number of rotatable bonds is 4. The zero-order chi connectivity index (χ0) is 95.8. The lowest BCUT2D eigenvalue weighted by Crippen LogP contribution is -2.25. The van der Waals surface area contributed by atoms with E-state index in [1.54, 1.807) is 0 Å². The average molecular weight is 1840 g/mol. The zero-order valence-corrected chi connectivity index (χ0v) is 80.7. The summed E-state index contributed by atoms with van der Waals surface area (Å²) in [5.74, 6) is 0. The Labute approximate surface area is 837 Å². The molecule has 0 N–H and O–H groups in total. The van der Waals surface area contributed by atoms with Crippen LogP contribution in [0.5, 0.6) is 0 Å². The lowest BCUT2D eigenvalue weighted by atomic mass is 9.70. The first-order valence-electron chi connectivity index (χ1n) is 50.4. The molecule has 3 spiro atoms. The molecule has 4 heterocycles. The topological polar surface area (TPSA) is 19.7 Å². The van der Waals surface area contributed by atoms with E-state index in [0.29, 0.717) is 0 Å². The Morgan fingerprint density at radius 3 is 0.785 bits per heavy atom. The van der Waals surface area contributed by atoms with Gasteiger partial charge in [0.15, 0.2) is 0 Å². The van der Waals surface area contributed by atoms with Gasteiger partial charge in [-0.15, -0.1) is 0 Å². The van der Waals surface area contributed by atoms with Crippen LogP contribution in [-0.4, -0.2) is 18.3 Å². The highest BCUT2D eigenvalue weighted by Crippen LogP contribution is 2.67. The molecule has 144 heavy (non-hydrogen) atoms. The van der Waals surface area contributed by atoms with Gasteiger partial charge >= 0.3 is 0 Å². The molecule has 0 atom stereocenters. The van der Waals surface area contributed by atoms with Crippen LogP contribution in [0.15, 0.2) is 504 Å². The second-order valence-corrected chi connectivity index (χ2v) is 39.8. The van der Waals surface area contributed by atoms with Crippen molar-refractivity contribution in [2.75, 3.05) is 0 Å². The van der Waals surface area contributed by atoms with Gasteiger partial charge in [0.25, 0.3) is 0 Å². The summed E-state index contributed by atoms with van der Waals surface area (Å²) in [4.78, 5) is 0. The maximum absolute atomic E-state index is 2.41. The van der Waals surface area contributed by atoms with E-state index in [1.807, 2.05) is 0 Å². The van der Waals surface area contributed by atoms with Crippen molar-refractivity contribution in [2.45, 2.75) is 50.9 Å². The Kier molecular flexibility index (Phi) is 19.2. The predicted molar refractivity (Wildman–Crippen MR) is 602 cm³/mol. The molecule has 32 rings (SSSR count). The highest BCUT2D eigenvalue weighted by Gasteiger charge is 2.55. The summed E-state index contributed by atoms with van der Waals surface area (Å²) in [6, 6.07) is 184. The van der Waals surface area contributed by atoms with E-state index >= 15 is 0 Å². The standard InChI is InChI=1S/2C31H22N2.3C26H18/c1-21-16-17-29-25(18-21)27-20-30-26(19-31(27)33(29)23-12-6-3-7-13-23)24-14-8-9-15-28(24)32(30)22-10-4-2-5-11-22;1-21-16-17-25-27-20-30-26(19-31(27)33(29(25)18-21)23-12-6-3-7-13-23)24-14-8-9-15-28(24)32(30)22-10-4-2-5-11-22;1-17-9-8-16-24-25(17)20-12-4-7-15-23(20)26(24)21-13-5-2-10-18(21)19-11-3-6-14-22(19)26;1-17-14-15-25-21(16-17)20-10-4-7-13-24(20)26(25)22-11-5-2-8-18(22)19-9-3-6-12-23(19)26;1-17-14-15-21-20-10-4-7-13-24(20)26(25(21)16-17)22-11-5-2-8-18(22)19-9-3-6-12-23(19)26/h2*2-20H,1H3;3*2-16H,1H3. The van der Waals surface area contributed by atoms with Gasteiger partial charge in [0, 0.05) is 65.8 Å². The van der Waals surface area contributed by atoms with Gasteiger partial charge in [-0.25, -0.2) is 0 Å². The quantitative estimate of drug-likeness (QED) is 0.167. The minimum atomic E-state index is -0.189. The van der Waals surface area contributed by atoms with Crippen LogP contribution < -0.4 is 0 Å². The third-order valence-electron chi connectivity index (χ3n) is 32.0. The van der Waals surface area contributed by atoms with Crippen molar-refractivity contribution >= 4 is 87.2 Å². The van der Waals surface area contributed by atoms with E-state index in [4.69, 9.17) is 0 Å². The van der Waals surface area contributed by atoms with Gasteiger partial charge in [0.2, 0.25) is 0 Å². The minimum Gasteiger partial charge on any atom is -0.309 e. The van der Waals surface area contributed by atoms with Crippen molar-refractivity contribution in [2.24, 2.45) is 0 Å². The number of para-hydroxylation sites is 6. The second-order valence-electron chi connectivity index (χ2n) is 39.8. The Hall–Kier alpha value is -18.0. The van der Waals surface area contributed by atoms with Gasteiger partial charge in [-0.2, -0.15) is 0 Å². The molecule has 22 aromatic carbocycles. The zero-order valence-electron chi connectivity index (χ0n) is 80.7. The van der Waals surface area contributed by atoms with Crippen molar-refractivity contribution in [3.05, 3.63) is 598 Å². The molecule has 0 bridgehead atoms. The molecule has 6 aliphatic carbocycles. The molecule has 0 saturated carbocycles. The number of hydrogen-bond acceptors (Lipinski definition) is 0. The van der Waals surface area contributed by atoms with Crippen LogP contribution in [0.25, 0.3) is 177 Å². The largest absolute Gasteiger partial charge is 0.309 e. The van der Waals surface area contributed by atoms with E-state index < -0.39 is 0 Å². The molecule has 0 unspecified atom stereocenters. The van der Waals surface area contributed by atoms with Gasteiger partial charge in [-0.1, -0.05) is 417 Å². The van der Waals surface area contributed by atoms with Crippen molar-refractivity contribution in [3.8, 4) is 89.5 Å². The van der Waals surface area contributed by atoms with Gasteiger partial charge < -0.3 is 18.3 Å². The van der Waals surface area contributed by atoms with E-state index in [2.05, 4.69) is 556 Å². The average Bonchev–Trinajstić information content (AvgIpc) is 1.51. The number of fused-ring (bicyclic) bond motifs is 42. The summed E-state index contributed by atoms with van der Waals surface area (Å²) in [6.45, 7) is 11.0. The maximum atomic E-state index is 2.41. The molecule has 0 amide bonds. The summed E-state index contributed by atoms with van der Waals surface area (Å²) in [7, 11) is 0. The number of aromatic nitrogens is 4. The van der Waals surface area contributed by atoms with E-state index in [-0.39, 0.29) is 16.2 Å². The molecular formula is C140H98N4. The Bertz CT molecular complexity index is 9500. The van der Waals surface area contributed by atoms with Crippen LogP contribution in [0, 0.1) is 34.6 Å². The Balaban J connectivity index is 0.0000000879. The lowest BCUT2D eigenvalue weighted by molar-refractivity contribution is 0.792. The minimum absolute atomic E-state index is 0.188. The highest BCUT2D eigenvalue weighted by atomic mass is 15.0. The first kappa shape index (κ1) is 84.1. The van der Waals surface area contributed by atoms with Crippen LogP contribution in [0.2, 0.25) is 0 Å². The summed E-state index contributed by atoms with van der Waals surface area (Å²) in [5.41, 5.74) is 54.1. The molecule has 4 nitrogen and oxygen atoms in total. The van der Waals surface area contributed by atoms with Crippen LogP contribution in [-0.2, 0) is 16.2 Å². The normalized spacial score (nSPS) is 13.3. The lowest BCUT2D eigenvalue weighted by Gasteiger charge is -2.30. The Morgan fingerprint density at radius 1 is 0.132 bits per heavy atom. The summed E-state index contributed by atoms with van der Waals surface area (Å²) in [5, 5.41) is 10.2.